The number of nitrogens with zero attached hydrogens (tertiary/aromatic N) is 2. The third-order valence-corrected chi connectivity index (χ3v) is 6.62. The highest BCUT2D eigenvalue weighted by atomic mass is 32.2. The molecule has 1 fully saturated rings. The zero-order chi connectivity index (χ0) is 14.0. The lowest BCUT2D eigenvalue weighted by Crippen LogP contribution is -2.29. The van der Waals surface area contributed by atoms with E-state index in [1.165, 1.54) is 30.8 Å². The van der Waals surface area contributed by atoms with E-state index in [9.17, 15) is 8.42 Å². The SMILES string of the molecule is CCCS(=O)(=O)c1c(N)nsc1N(C)CC1CCC1. The average Bonchev–Trinajstić information content (AvgIpc) is 2.66. The van der Waals surface area contributed by atoms with Crippen LogP contribution in [0, 0.1) is 5.92 Å². The van der Waals surface area contributed by atoms with Gasteiger partial charge < -0.3 is 10.6 Å². The van der Waals surface area contributed by atoms with Crippen molar-refractivity contribution in [2.24, 2.45) is 5.92 Å². The second-order valence-electron chi connectivity index (χ2n) is 5.20. The number of nitrogens with two attached hydrogens (primary N) is 1. The summed E-state index contributed by atoms with van der Waals surface area (Å²) in [4.78, 5) is 2.24. The van der Waals surface area contributed by atoms with E-state index in [-0.39, 0.29) is 16.5 Å². The van der Waals surface area contributed by atoms with Crippen LogP contribution in [0.1, 0.15) is 32.6 Å². The third-order valence-electron chi connectivity index (χ3n) is 3.54. The van der Waals surface area contributed by atoms with Gasteiger partial charge in [-0.2, -0.15) is 4.37 Å². The van der Waals surface area contributed by atoms with Gasteiger partial charge in [-0.05, 0) is 36.7 Å². The molecule has 2 rings (SSSR count). The number of sulfone groups is 1. The van der Waals surface area contributed by atoms with Crippen molar-refractivity contribution < 1.29 is 8.42 Å². The molecule has 0 saturated heterocycles. The summed E-state index contributed by atoms with van der Waals surface area (Å²) in [5, 5.41) is 0.692. The number of anilines is 2. The molecule has 0 spiro atoms. The van der Waals surface area contributed by atoms with Crippen molar-refractivity contribution in [1.82, 2.24) is 4.37 Å². The molecular formula is C12H21N3O2S2. The normalized spacial score (nSPS) is 16.3. The van der Waals surface area contributed by atoms with E-state index < -0.39 is 9.84 Å². The molecule has 0 aliphatic heterocycles. The second-order valence-corrected chi connectivity index (χ2v) is 8.00. The van der Waals surface area contributed by atoms with Gasteiger partial charge in [-0.15, -0.1) is 0 Å². The molecule has 1 aromatic rings. The lowest BCUT2D eigenvalue weighted by atomic mass is 9.85. The number of hydrogen-bond acceptors (Lipinski definition) is 6. The summed E-state index contributed by atoms with van der Waals surface area (Å²) >= 11 is 1.19. The molecule has 5 nitrogen and oxygen atoms in total. The minimum Gasteiger partial charge on any atom is -0.382 e. The van der Waals surface area contributed by atoms with Crippen LogP contribution >= 0.6 is 11.5 Å². The van der Waals surface area contributed by atoms with Gasteiger partial charge in [-0.3, -0.25) is 0 Å². The molecule has 1 saturated carbocycles. The molecule has 1 heterocycles. The van der Waals surface area contributed by atoms with Crippen LogP contribution < -0.4 is 10.6 Å². The smallest absolute Gasteiger partial charge is 0.185 e. The molecule has 1 aliphatic carbocycles. The first-order chi connectivity index (χ1) is 8.95. The van der Waals surface area contributed by atoms with Crippen LogP contribution in [0.5, 0.6) is 0 Å². The van der Waals surface area contributed by atoms with E-state index >= 15 is 0 Å². The van der Waals surface area contributed by atoms with Crippen LogP contribution in [0.25, 0.3) is 0 Å². The summed E-state index contributed by atoms with van der Waals surface area (Å²) in [6.45, 7) is 2.74. The molecule has 0 aromatic carbocycles. The van der Waals surface area contributed by atoms with Gasteiger partial charge in [0.1, 0.15) is 9.90 Å². The van der Waals surface area contributed by atoms with E-state index in [1.807, 2.05) is 18.9 Å². The zero-order valence-corrected chi connectivity index (χ0v) is 13.1. The fourth-order valence-electron chi connectivity index (χ4n) is 2.34. The van der Waals surface area contributed by atoms with Gasteiger partial charge in [-0.25, -0.2) is 8.42 Å². The number of hydrogen-bond donors (Lipinski definition) is 1. The second kappa shape index (κ2) is 5.66. The molecule has 0 atom stereocenters. The Labute approximate surface area is 118 Å². The minimum atomic E-state index is -3.32. The van der Waals surface area contributed by atoms with E-state index in [4.69, 9.17) is 5.73 Å². The van der Waals surface area contributed by atoms with E-state index in [2.05, 4.69) is 4.37 Å². The van der Waals surface area contributed by atoms with Gasteiger partial charge in [0.25, 0.3) is 0 Å². The number of rotatable bonds is 6. The molecule has 108 valence electrons. The van der Waals surface area contributed by atoms with E-state index in [0.717, 1.165) is 6.54 Å². The minimum absolute atomic E-state index is 0.125. The Kier molecular flexibility index (Phi) is 4.35. The summed E-state index contributed by atoms with van der Waals surface area (Å²) in [6, 6.07) is 0. The molecule has 0 amide bonds. The summed E-state index contributed by atoms with van der Waals surface area (Å²) in [7, 11) is -1.39. The van der Waals surface area contributed by atoms with Crippen molar-refractivity contribution in [2.45, 2.75) is 37.5 Å². The maximum atomic E-state index is 12.3. The topological polar surface area (TPSA) is 76.3 Å². The Balaban J connectivity index is 2.25. The van der Waals surface area contributed by atoms with Crippen LogP contribution in [0.15, 0.2) is 4.90 Å². The average molecular weight is 303 g/mol. The molecular weight excluding hydrogens is 282 g/mol. The summed E-state index contributed by atoms with van der Waals surface area (Å²) < 4.78 is 28.6. The molecule has 0 unspecified atom stereocenters. The van der Waals surface area contributed by atoms with Crippen LogP contribution in [0.2, 0.25) is 0 Å². The van der Waals surface area contributed by atoms with Crippen LogP contribution in [0.3, 0.4) is 0 Å². The van der Waals surface area contributed by atoms with Crippen molar-refractivity contribution in [2.75, 3.05) is 30.0 Å². The first-order valence-electron chi connectivity index (χ1n) is 6.64. The Morgan fingerprint density at radius 2 is 2.16 bits per heavy atom. The summed E-state index contributed by atoms with van der Waals surface area (Å²) in [5.41, 5.74) is 5.77. The molecule has 19 heavy (non-hydrogen) atoms. The monoisotopic (exact) mass is 303 g/mol. The first kappa shape index (κ1) is 14.6. The zero-order valence-electron chi connectivity index (χ0n) is 11.4. The lowest BCUT2D eigenvalue weighted by Gasteiger charge is -2.30. The van der Waals surface area contributed by atoms with Gasteiger partial charge in [0.2, 0.25) is 0 Å². The van der Waals surface area contributed by atoms with Gasteiger partial charge in [0.05, 0.1) is 5.75 Å². The summed E-state index contributed by atoms with van der Waals surface area (Å²) in [5.74, 6) is 0.948. The van der Waals surface area contributed by atoms with Crippen LogP contribution in [0.4, 0.5) is 10.8 Å². The maximum absolute atomic E-state index is 12.3. The highest BCUT2D eigenvalue weighted by Gasteiger charge is 2.28. The maximum Gasteiger partial charge on any atom is 0.185 e. The standard InChI is InChI=1S/C12H21N3O2S2/c1-3-7-19(16,17)10-11(13)14-18-12(10)15(2)8-9-5-4-6-9/h9H,3-8H2,1-2H3,(H2,13,14). The van der Waals surface area contributed by atoms with Crippen LogP contribution in [-0.2, 0) is 9.84 Å². The van der Waals surface area contributed by atoms with Crippen molar-refractivity contribution in [3.05, 3.63) is 0 Å². The molecule has 1 aromatic heterocycles. The summed E-state index contributed by atoms with van der Waals surface area (Å²) in [6.07, 6.45) is 4.33. The predicted molar refractivity (Wildman–Crippen MR) is 79.5 cm³/mol. The fourth-order valence-corrected chi connectivity index (χ4v) is 5.09. The Hall–Kier alpha value is -0.820. The van der Waals surface area contributed by atoms with Gasteiger partial charge in [0, 0.05) is 13.6 Å². The van der Waals surface area contributed by atoms with Crippen molar-refractivity contribution in [3.63, 3.8) is 0 Å². The largest absolute Gasteiger partial charge is 0.382 e. The molecule has 1 aliphatic rings. The van der Waals surface area contributed by atoms with Crippen molar-refractivity contribution in [1.29, 1.82) is 0 Å². The highest BCUT2D eigenvalue weighted by Crippen LogP contribution is 2.37. The Morgan fingerprint density at radius 3 is 2.68 bits per heavy atom. The number of aromatic nitrogens is 1. The highest BCUT2D eigenvalue weighted by molar-refractivity contribution is 7.91. The van der Waals surface area contributed by atoms with Crippen LogP contribution in [-0.4, -0.2) is 32.1 Å². The van der Waals surface area contributed by atoms with E-state index in [0.29, 0.717) is 17.3 Å². The first-order valence-corrected chi connectivity index (χ1v) is 9.07. The third kappa shape index (κ3) is 3.02. The van der Waals surface area contributed by atoms with Gasteiger partial charge in [-0.1, -0.05) is 13.3 Å². The Morgan fingerprint density at radius 1 is 1.47 bits per heavy atom. The predicted octanol–water partition coefficient (Wildman–Crippen LogP) is 2.15. The van der Waals surface area contributed by atoms with E-state index in [1.54, 1.807) is 0 Å². The molecule has 0 bridgehead atoms. The quantitative estimate of drug-likeness (QED) is 0.871. The lowest BCUT2D eigenvalue weighted by molar-refractivity contribution is 0.321. The Bertz CT molecular complexity index is 535. The molecule has 0 radical (unpaired) electrons. The van der Waals surface area contributed by atoms with Gasteiger partial charge in [0.15, 0.2) is 15.7 Å². The molecule has 7 heteroatoms. The number of nitrogen functional groups attached to an aromatic ring is 1. The van der Waals surface area contributed by atoms with Crippen molar-refractivity contribution in [3.8, 4) is 0 Å². The molecule has 2 N–H and O–H groups in total. The van der Waals surface area contributed by atoms with Gasteiger partial charge >= 0.3 is 0 Å². The fraction of sp³-hybridized carbons (Fsp3) is 0.750. The van der Waals surface area contributed by atoms with Crippen molar-refractivity contribution >= 4 is 32.2 Å².